The van der Waals surface area contributed by atoms with Crippen LogP contribution >= 0.6 is 0 Å². The molecule has 3 fully saturated rings. The monoisotopic (exact) mass is 344 g/mol. The summed E-state index contributed by atoms with van der Waals surface area (Å²) in [7, 11) is 0. The first kappa shape index (κ1) is 17.0. The summed E-state index contributed by atoms with van der Waals surface area (Å²) in [5.74, 6) is 0.898. The van der Waals surface area contributed by atoms with Crippen molar-refractivity contribution in [2.24, 2.45) is 5.92 Å². The lowest BCUT2D eigenvalue weighted by Gasteiger charge is -2.32. The molecule has 5 heteroatoms. The maximum atomic E-state index is 12.9. The molecule has 0 aromatic carbocycles. The Morgan fingerprint density at radius 1 is 1.20 bits per heavy atom. The number of likely N-dealkylation sites (tertiary alicyclic amines) is 1. The topological polar surface area (TPSA) is 51.7 Å². The number of fused-ring (bicyclic) bond motifs is 1. The maximum Gasteiger partial charge on any atom is 0.223 e. The van der Waals surface area contributed by atoms with E-state index in [0.717, 1.165) is 25.0 Å². The average Bonchev–Trinajstić information content (AvgIpc) is 3.28. The molecular formula is C20H28N2O3. The minimum Gasteiger partial charge on any atom is -0.373 e. The summed E-state index contributed by atoms with van der Waals surface area (Å²) in [4.78, 5) is 19.0. The largest absolute Gasteiger partial charge is 0.373 e. The van der Waals surface area contributed by atoms with E-state index in [9.17, 15) is 4.79 Å². The van der Waals surface area contributed by atoms with Crippen molar-refractivity contribution in [3.05, 3.63) is 30.1 Å². The lowest BCUT2D eigenvalue weighted by atomic mass is 10.0. The molecule has 1 aromatic heterocycles. The fourth-order valence-corrected chi connectivity index (χ4v) is 4.60. The first-order valence-electron chi connectivity index (χ1n) is 9.73. The Kier molecular flexibility index (Phi) is 5.32. The van der Waals surface area contributed by atoms with Crippen molar-refractivity contribution in [3.8, 4) is 0 Å². The summed E-state index contributed by atoms with van der Waals surface area (Å²) in [6.07, 6.45) is 11.3. The van der Waals surface area contributed by atoms with E-state index in [-0.39, 0.29) is 18.2 Å². The third kappa shape index (κ3) is 3.87. The third-order valence-electron chi connectivity index (χ3n) is 5.95. The van der Waals surface area contributed by atoms with Gasteiger partial charge >= 0.3 is 0 Å². The van der Waals surface area contributed by atoms with E-state index in [4.69, 9.17) is 9.47 Å². The molecule has 0 spiro atoms. The van der Waals surface area contributed by atoms with Gasteiger partial charge in [0, 0.05) is 32.0 Å². The summed E-state index contributed by atoms with van der Waals surface area (Å²) in [6, 6.07) is 4.14. The number of hydrogen-bond acceptors (Lipinski definition) is 4. The van der Waals surface area contributed by atoms with Crippen LogP contribution in [0.1, 0.15) is 50.5 Å². The van der Waals surface area contributed by atoms with Crippen molar-refractivity contribution in [1.82, 2.24) is 9.88 Å². The smallest absolute Gasteiger partial charge is 0.223 e. The minimum atomic E-state index is -0.0222. The number of carbonyl (C=O) groups excluding carboxylic acids is 1. The molecule has 0 radical (unpaired) electrons. The van der Waals surface area contributed by atoms with Gasteiger partial charge in [-0.3, -0.25) is 9.78 Å². The molecular weight excluding hydrogens is 316 g/mol. The van der Waals surface area contributed by atoms with Crippen molar-refractivity contribution in [2.45, 2.75) is 69.8 Å². The van der Waals surface area contributed by atoms with Crippen molar-refractivity contribution in [2.75, 3.05) is 13.2 Å². The van der Waals surface area contributed by atoms with Crippen LogP contribution in [0.15, 0.2) is 24.5 Å². The van der Waals surface area contributed by atoms with Crippen LogP contribution < -0.4 is 0 Å². The average molecular weight is 344 g/mol. The molecule has 1 amide bonds. The fraction of sp³-hybridized carbons (Fsp3) is 0.700. The number of amides is 1. The molecule has 0 unspecified atom stereocenters. The molecule has 2 aliphatic heterocycles. The minimum absolute atomic E-state index is 0.0222. The van der Waals surface area contributed by atoms with E-state index in [2.05, 4.69) is 9.88 Å². The molecule has 5 nitrogen and oxygen atoms in total. The molecule has 3 aliphatic rings. The first-order valence-corrected chi connectivity index (χ1v) is 9.73. The molecule has 136 valence electrons. The summed E-state index contributed by atoms with van der Waals surface area (Å²) in [5, 5.41) is 0. The van der Waals surface area contributed by atoms with Gasteiger partial charge in [-0.05, 0) is 49.3 Å². The number of ether oxygens (including phenoxy) is 2. The molecule has 3 atom stereocenters. The Hall–Kier alpha value is -1.46. The van der Waals surface area contributed by atoms with E-state index < -0.39 is 0 Å². The molecule has 25 heavy (non-hydrogen) atoms. The van der Waals surface area contributed by atoms with Gasteiger partial charge in [0.25, 0.3) is 0 Å². The summed E-state index contributed by atoms with van der Waals surface area (Å²) >= 11 is 0. The van der Waals surface area contributed by atoms with Crippen LogP contribution in [0.3, 0.4) is 0 Å². The van der Waals surface area contributed by atoms with E-state index in [1.54, 1.807) is 12.4 Å². The summed E-state index contributed by atoms with van der Waals surface area (Å²) < 4.78 is 12.2. The highest BCUT2D eigenvalue weighted by molar-refractivity contribution is 5.77. The molecule has 3 heterocycles. The lowest BCUT2D eigenvalue weighted by Crippen LogP contribution is -2.44. The Balaban J connectivity index is 1.39. The summed E-state index contributed by atoms with van der Waals surface area (Å²) in [6.45, 7) is 2.00. The Morgan fingerprint density at radius 2 is 2.00 bits per heavy atom. The van der Waals surface area contributed by atoms with Gasteiger partial charge in [0.2, 0.25) is 5.91 Å². The van der Waals surface area contributed by atoms with Crippen LogP contribution in [-0.4, -0.2) is 47.2 Å². The zero-order valence-electron chi connectivity index (χ0n) is 14.8. The Morgan fingerprint density at radius 3 is 2.80 bits per heavy atom. The van der Waals surface area contributed by atoms with Gasteiger partial charge in [-0.25, -0.2) is 0 Å². The van der Waals surface area contributed by atoms with Gasteiger partial charge in [-0.15, -0.1) is 0 Å². The lowest BCUT2D eigenvalue weighted by molar-refractivity contribution is -0.135. The highest BCUT2D eigenvalue weighted by Crippen LogP contribution is 2.34. The van der Waals surface area contributed by atoms with Crippen molar-refractivity contribution >= 4 is 5.91 Å². The highest BCUT2D eigenvalue weighted by atomic mass is 16.5. The van der Waals surface area contributed by atoms with Crippen LogP contribution in [0.4, 0.5) is 0 Å². The second-order valence-electron chi connectivity index (χ2n) is 7.65. The van der Waals surface area contributed by atoms with Crippen molar-refractivity contribution < 1.29 is 14.3 Å². The highest BCUT2D eigenvalue weighted by Gasteiger charge is 2.46. The van der Waals surface area contributed by atoms with Crippen molar-refractivity contribution in [1.29, 1.82) is 0 Å². The quantitative estimate of drug-likeness (QED) is 0.824. The van der Waals surface area contributed by atoms with Gasteiger partial charge in [0.1, 0.15) is 12.2 Å². The van der Waals surface area contributed by atoms with E-state index >= 15 is 0 Å². The van der Waals surface area contributed by atoms with Gasteiger partial charge in [0.15, 0.2) is 0 Å². The number of nitrogens with zero attached hydrogens (tertiary/aromatic N) is 2. The second kappa shape index (κ2) is 7.83. The molecule has 1 aliphatic carbocycles. The molecule has 2 saturated heterocycles. The van der Waals surface area contributed by atoms with Crippen LogP contribution in [0.5, 0.6) is 0 Å². The van der Waals surface area contributed by atoms with E-state index in [1.807, 2.05) is 12.1 Å². The van der Waals surface area contributed by atoms with Gasteiger partial charge in [0.05, 0.1) is 12.6 Å². The first-order chi connectivity index (χ1) is 12.3. The molecule has 0 N–H and O–H groups in total. The number of pyridine rings is 1. The maximum absolute atomic E-state index is 12.9. The second-order valence-corrected chi connectivity index (χ2v) is 7.65. The zero-order chi connectivity index (χ0) is 17.1. The number of carbonyl (C=O) groups is 1. The Bertz CT molecular complexity index is 574. The standard InChI is InChI=1S/C20H28N2O3/c23-19(12-15-4-1-2-5-15)22-13-18(20-17(22)6-3-11-24-20)25-14-16-7-9-21-10-8-16/h7-10,15,17-18,20H,1-6,11-14H2/t17-,18-,20+/m1/s1. The van der Waals surface area contributed by atoms with Crippen LogP contribution in [0.2, 0.25) is 0 Å². The summed E-state index contributed by atoms with van der Waals surface area (Å²) in [5.41, 5.74) is 1.11. The molecule has 1 aromatic rings. The molecule has 1 saturated carbocycles. The molecule has 0 bridgehead atoms. The van der Waals surface area contributed by atoms with Crippen LogP contribution in [0, 0.1) is 5.92 Å². The van der Waals surface area contributed by atoms with E-state index in [1.165, 1.54) is 25.7 Å². The number of hydrogen-bond donors (Lipinski definition) is 0. The Labute approximate surface area is 149 Å². The van der Waals surface area contributed by atoms with Gasteiger partial charge in [-0.1, -0.05) is 12.8 Å². The fourth-order valence-electron chi connectivity index (χ4n) is 4.60. The van der Waals surface area contributed by atoms with Crippen LogP contribution in [0.25, 0.3) is 0 Å². The van der Waals surface area contributed by atoms with Gasteiger partial charge in [-0.2, -0.15) is 0 Å². The molecule has 4 rings (SSSR count). The third-order valence-corrected chi connectivity index (χ3v) is 5.95. The predicted octanol–water partition coefficient (Wildman–Crippen LogP) is 2.94. The SMILES string of the molecule is O=C(CC1CCCC1)N1C[C@@H](OCc2ccncc2)[C@H]2OCCC[C@H]21. The van der Waals surface area contributed by atoms with Gasteiger partial charge < -0.3 is 14.4 Å². The predicted molar refractivity (Wildman–Crippen MR) is 93.9 cm³/mol. The number of rotatable bonds is 5. The zero-order valence-corrected chi connectivity index (χ0v) is 14.8. The van der Waals surface area contributed by atoms with E-state index in [0.29, 0.717) is 31.4 Å². The van der Waals surface area contributed by atoms with Crippen molar-refractivity contribution in [3.63, 3.8) is 0 Å². The van der Waals surface area contributed by atoms with Crippen LogP contribution in [-0.2, 0) is 20.9 Å². The normalized spacial score (nSPS) is 29.8. The number of aromatic nitrogens is 1.